The van der Waals surface area contributed by atoms with Gasteiger partial charge in [0, 0.05) is 12.1 Å². The van der Waals surface area contributed by atoms with E-state index in [1.165, 1.54) is 19.1 Å². The molecule has 1 fully saturated rings. The molecule has 7 heteroatoms. The van der Waals surface area contributed by atoms with Gasteiger partial charge in [0.2, 0.25) is 0 Å². The molecular weight excluding hydrogens is 354 g/mol. The van der Waals surface area contributed by atoms with Gasteiger partial charge in [0.1, 0.15) is 22.0 Å². The third-order valence-electron chi connectivity index (χ3n) is 3.74. The first-order chi connectivity index (χ1) is 10.5. The zero-order valence-corrected chi connectivity index (χ0v) is 14.1. The Morgan fingerprint density at radius 3 is 2.32 bits per heavy atom. The van der Waals surface area contributed by atoms with Crippen molar-refractivity contribution < 1.29 is 24.2 Å². The van der Waals surface area contributed by atoms with Crippen molar-refractivity contribution >= 4 is 27.8 Å². The molecule has 1 aliphatic heterocycles. The zero-order valence-electron chi connectivity index (χ0n) is 12.5. The lowest BCUT2D eigenvalue weighted by Crippen LogP contribution is -2.48. The minimum Gasteiger partial charge on any atom is -0.495 e. The molecule has 2 rings (SSSR count). The number of piperidine rings is 1. The number of amides is 1. The highest BCUT2D eigenvalue weighted by atomic mass is 79.9. The number of carbonyl (C=O) groups is 2. The molecule has 1 aromatic rings. The predicted molar refractivity (Wildman–Crippen MR) is 83.6 cm³/mol. The van der Waals surface area contributed by atoms with Gasteiger partial charge in [-0.3, -0.25) is 4.79 Å². The van der Waals surface area contributed by atoms with Crippen LogP contribution in [0.3, 0.4) is 0 Å². The van der Waals surface area contributed by atoms with Crippen LogP contribution in [0.1, 0.15) is 29.6 Å². The lowest BCUT2D eigenvalue weighted by atomic mass is 10.0. The van der Waals surface area contributed by atoms with Gasteiger partial charge < -0.3 is 19.5 Å². The smallest absolute Gasteiger partial charge is 0.326 e. The molecule has 0 bridgehead atoms. The van der Waals surface area contributed by atoms with Crippen LogP contribution in [-0.2, 0) is 4.79 Å². The van der Waals surface area contributed by atoms with Crippen LogP contribution in [0.15, 0.2) is 16.6 Å². The Labute approximate surface area is 137 Å². The number of benzene rings is 1. The van der Waals surface area contributed by atoms with E-state index in [4.69, 9.17) is 9.47 Å². The standard InChI is InChI=1S/C15H18BrNO5/c1-21-11-7-9(8-12(22-2)13(11)16)14(18)17-6-4-3-5-10(17)15(19)20/h7-8,10H,3-6H2,1-2H3,(H,19,20). The number of carboxylic acids is 1. The number of methoxy groups -OCH3 is 2. The summed E-state index contributed by atoms with van der Waals surface area (Å²) in [4.78, 5) is 25.5. The molecule has 0 saturated carbocycles. The molecule has 1 N–H and O–H groups in total. The van der Waals surface area contributed by atoms with Gasteiger partial charge in [-0.1, -0.05) is 0 Å². The van der Waals surface area contributed by atoms with E-state index in [2.05, 4.69) is 15.9 Å². The molecular formula is C15H18BrNO5. The van der Waals surface area contributed by atoms with Crippen LogP contribution >= 0.6 is 15.9 Å². The number of likely N-dealkylation sites (tertiary alicyclic amines) is 1. The van der Waals surface area contributed by atoms with Gasteiger partial charge in [-0.25, -0.2) is 4.79 Å². The molecule has 0 aliphatic carbocycles. The minimum atomic E-state index is -0.968. The van der Waals surface area contributed by atoms with Crippen LogP contribution in [0, 0.1) is 0 Å². The number of carbonyl (C=O) groups excluding carboxylic acids is 1. The molecule has 0 aromatic heterocycles. The van der Waals surface area contributed by atoms with E-state index in [0.29, 0.717) is 34.5 Å². The van der Waals surface area contributed by atoms with Crippen LogP contribution in [0.5, 0.6) is 11.5 Å². The molecule has 22 heavy (non-hydrogen) atoms. The molecule has 1 saturated heterocycles. The van der Waals surface area contributed by atoms with Gasteiger partial charge in [0.15, 0.2) is 0 Å². The van der Waals surface area contributed by atoms with Gasteiger partial charge in [0.25, 0.3) is 5.91 Å². The van der Waals surface area contributed by atoms with Gasteiger partial charge in [-0.15, -0.1) is 0 Å². The third kappa shape index (κ3) is 3.19. The summed E-state index contributed by atoms with van der Waals surface area (Å²) in [7, 11) is 2.99. The van der Waals surface area contributed by atoms with E-state index in [9.17, 15) is 14.7 Å². The van der Waals surface area contributed by atoms with E-state index in [1.54, 1.807) is 12.1 Å². The van der Waals surface area contributed by atoms with E-state index in [-0.39, 0.29) is 5.91 Å². The maximum atomic E-state index is 12.7. The number of ether oxygens (including phenoxy) is 2. The van der Waals surface area contributed by atoms with E-state index < -0.39 is 12.0 Å². The van der Waals surface area contributed by atoms with E-state index >= 15 is 0 Å². The average molecular weight is 372 g/mol. The van der Waals surface area contributed by atoms with Crippen molar-refractivity contribution in [3.63, 3.8) is 0 Å². The Kier molecular flexibility index (Phi) is 5.28. The largest absolute Gasteiger partial charge is 0.495 e. The molecule has 0 radical (unpaired) electrons. The Bertz CT molecular complexity index is 564. The molecule has 1 aliphatic rings. The van der Waals surface area contributed by atoms with Crippen molar-refractivity contribution in [1.29, 1.82) is 0 Å². The quantitative estimate of drug-likeness (QED) is 0.879. The molecule has 1 unspecified atom stereocenters. The zero-order chi connectivity index (χ0) is 16.3. The molecule has 120 valence electrons. The number of hydrogen-bond acceptors (Lipinski definition) is 4. The molecule has 6 nitrogen and oxygen atoms in total. The molecule has 1 atom stereocenters. The van der Waals surface area contributed by atoms with Crippen molar-refractivity contribution in [1.82, 2.24) is 4.90 Å². The fraction of sp³-hybridized carbons (Fsp3) is 0.467. The van der Waals surface area contributed by atoms with Crippen molar-refractivity contribution in [3.05, 3.63) is 22.2 Å². The molecule has 0 spiro atoms. The van der Waals surface area contributed by atoms with E-state index in [1.807, 2.05) is 0 Å². The summed E-state index contributed by atoms with van der Waals surface area (Å²) in [5.74, 6) is -0.363. The summed E-state index contributed by atoms with van der Waals surface area (Å²) < 4.78 is 11.1. The second-order valence-electron chi connectivity index (χ2n) is 5.04. The van der Waals surface area contributed by atoms with E-state index in [0.717, 1.165) is 12.8 Å². The van der Waals surface area contributed by atoms with Crippen LogP contribution < -0.4 is 9.47 Å². The fourth-order valence-corrected chi connectivity index (χ4v) is 3.14. The number of rotatable bonds is 4. The van der Waals surface area contributed by atoms with Crippen LogP contribution in [0.4, 0.5) is 0 Å². The summed E-state index contributed by atoms with van der Waals surface area (Å²) in [6, 6.07) is 2.40. The lowest BCUT2D eigenvalue weighted by molar-refractivity contribution is -0.143. The fourth-order valence-electron chi connectivity index (χ4n) is 2.59. The van der Waals surface area contributed by atoms with Crippen molar-refractivity contribution in [3.8, 4) is 11.5 Å². The van der Waals surface area contributed by atoms with Crippen molar-refractivity contribution in [2.75, 3.05) is 20.8 Å². The first-order valence-corrected chi connectivity index (χ1v) is 7.74. The van der Waals surface area contributed by atoms with Gasteiger partial charge in [0.05, 0.1) is 14.2 Å². The summed E-state index contributed by atoms with van der Waals surface area (Å²) in [6.07, 6.45) is 2.10. The first kappa shape index (κ1) is 16.6. The summed E-state index contributed by atoms with van der Waals surface area (Å²) in [5.41, 5.74) is 0.352. The number of carboxylic acid groups (broad SMARTS) is 1. The average Bonchev–Trinajstić information content (AvgIpc) is 2.54. The minimum absolute atomic E-state index is 0.323. The Morgan fingerprint density at radius 2 is 1.82 bits per heavy atom. The second-order valence-corrected chi connectivity index (χ2v) is 5.84. The maximum absolute atomic E-state index is 12.7. The summed E-state index contributed by atoms with van der Waals surface area (Å²) >= 11 is 3.35. The second kappa shape index (κ2) is 7.00. The number of hydrogen-bond donors (Lipinski definition) is 1. The topological polar surface area (TPSA) is 76.1 Å². The number of aliphatic carboxylic acids is 1. The first-order valence-electron chi connectivity index (χ1n) is 6.95. The summed E-state index contributed by atoms with van der Waals surface area (Å²) in [6.45, 7) is 0.441. The molecule has 1 heterocycles. The van der Waals surface area contributed by atoms with Crippen LogP contribution in [0.2, 0.25) is 0 Å². The highest BCUT2D eigenvalue weighted by Crippen LogP contribution is 2.36. The van der Waals surface area contributed by atoms with Crippen LogP contribution in [0.25, 0.3) is 0 Å². The van der Waals surface area contributed by atoms with Gasteiger partial charge in [-0.05, 0) is 47.3 Å². The van der Waals surface area contributed by atoms with Crippen molar-refractivity contribution in [2.45, 2.75) is 25.3 Å². The van der Waals surface area contributed by atoms with Crippen LogP contribution in [-0.4, -0.2) is 48.7 Å². The van der Waals surface area contributed by atoms with Crippen molar-refractivity contribution in [2.24, 2.45) is 0 Å². The maximum Gasteiger partial charge on any atom is 0.326 e. The SMILES string of the molecule is COc1cc(C(=O)N2CCCCC2C(=O)O)cc(OC)c1Br. The Balaban J connectivity index is 2.37. The number of nitrogens with zero attached hydrogens (tertiary/aromatic N) is 1. The van der Waals surface area contributed by atoms with Gasteiger partial charge in [-0.2, -0.15) is 0 Å². The normalized spacial score (nSPS) is 18.0. The Hall–Kier alpha value is -1.76. The highest BCUT2D eigenvalue weighted by Gasteiger charge is 2.33. The molecule has 1 aromatic carbocycles. The summed E-state index contributed by atoms with van der Waals surface area (Å²) in [5, 5.41) is 9.30. The Morgan fingerprint density at radius 1 is 1.23 bits per heavy atom. The van der Waals surface area contributed by atoms with Gasteiger partial charge >= 0.3 is 5.97 Å². The number of halogens is 1. The lowest BCUT2D eigenvalue weighted by Gasteiger charge is -2.33. The molecule has 1 amide bonds. The monoisotopic (exact) mass is 371 g/mol. The predicted octanol–water partition coefficient (Wildman–Crippen LogP) is 2.55. The highest BCUT2D eigenvalue weighted by molar-refractivity contribution is 9.10. The third-order valence-corrected chi connectivity index (χ3v) is 4.52.